The molecule has 20 heavy (non-hydrogen) atoms. The fourth-order valence-corrected chi connectivity index (χ4v) is 1.71. The zero-order chi connectivity index (χ0) is 15.3. The SMILES string of the molecule is COc1ccc(C(OCC(F)(F)F)C(=S)N(C)C)cc1. The van der Waals surface area contributed by atoms with E-state index in [-0.39, 0.29) is 4.99 Å². The topological polar surface area (TPSA) is 21.7 Å². The summed E-state index contributed by atoms with van der Waals surface area (Å²) in [6, 6.07) is 6.57. The zero-order valence-electron chi connectivity index (χ0n) is 11.4. The predicted octanol–water partition coefficient (Wildman–Crippen LogP) is 3.20. The van der Waals surface area contributed by atoms with Crippen LogP contribution in [-0.2, 0) is 4.74 Å². The van der Waals surface area contributed by atoms with Gasteiger partial charge in [-0.1, -0.05) is 24.4 Å². The molecule has 1 unspecified atom stereocenters. The van der Waals surface area contributed by atoms with Crippen LogP contribution in [0.5, 0.6) is 5.75 Å². The Hall–Kier alpha value is -1.34. The third kappa shape index (κ3) is 4.97. The van der Waals surface area contributed by atoms with Gasteiger partial charge in [0.15, 0.2) is 0 Å². The summed E-state index contributed by atoms with van der Waals surface area (Å²) in [5.74, 6) is 0.610. The smallest absolute Gasteiger partial charge is 0.411 e. The van der Waals surface area contributed by atoms with Crippen LogP contribution in [0.15, 0.2) is 24.3 Å². The summed E-state index contributed by atoms with van der Waals surface area (Å²) >= 11 is 5.13. The highest BCUT2D eigenvalue weighted by Crippen LogP contribution is 2.26. The fraction of sp³-hybridized carbons (Fsp3) is 0.462. The van der Waals surface area contributed by atoms with Crippen LogP contribution in [0.3, 0.4) is 0 Å². The monoisotopic (exact) mass is 307 g/mol. The van der Waals surface area contributed by atoms with Crippen molar-refractivity contribution >= 4 is 17.2 Å². The molecular formula is C13H16F3NO2S. The molecule has 1 aromatic carbocycles. The number of alkyl halides is 3. The average molecular weight is 307 g/mol. The predicted molar refractivity (Wildman–Crippen MR) is 74.0 cm³/mol. The van der Waals surface area contributed by atoms with Crippen molar-refractivity contribution in [2.75, 3.05) is 27.8 Å². The highest BCUT2D eigenvalue weighted by atomic mass is 32.1. The second-order valence-electron chi connectivity index (χ2n) is 4.31. The number of thiocarbonyl (C=S) groups is 1. The van der Waals surface area contributed by atoms with Gasteiger partial charge in [-0.3, -0.25) is 0 Å². The summed E-state index contributed by atoms with van der Waals surface area (Å²) in [5, 5.41) is 0. The van der Waals surface area contributed by atoms with Crippen LogP contribution in [0.1, 0.15) is 11.7 Å². The van der Waals surface area contributed by atoms with Gasteiger partial charge in [-0.15, -0.1) is 0 Å². The van der Waals surface area contributed by atoms with Gasteiger partial charge in [0.05, 0.1) is 7.11 Å². The Labute approximate surface area is 121 Å². The normalized spacial score (nSPS) is 12.9. The molecule has 0 aliphatic carbocycles. The van der Waals surface area contributed by atoms with Crippen molar-refractivity contribution in [1.82, 2.24) is 4.90 Å². The number of halogens is 3. The molecule has 0 spiro atoms. The highest BCUT2D eigenvalue weighted by molar-refractivity contribution is 7.80. The van der Waals surface area contributed by atoms with Crippen molar-refractivity contribution in [3.05, 3.63) is 29.8 Å². The van der Waals surface area contributed by atoms with Crippen LogP contribution in [0.25, 0.3) is 0 Å². The van der Waals surface area contributed by atoms with Crippen LogP contribution in [-0.4, -0.2) is 43.9 Å². The maximum absolute atomic E-state index is 12.3. The summed E-state index contributed by atoms with van der Waals surface area (Å²) in [6.45, 7) is -1.35. The van der Waals surface area contributed by atoms with Crippen LogP contribution in [0.4, 0.5) is 13.2 Å². The van der Waals surface area contributed by atoms with Crippen molar-refractivity contribution in [1.29, 1.82) is 0 Å². The van der Waals surface area contributed by atoms with Gasteiger partial charge in [-0.05, 0) is 17.7 Å². The second-order valence-corrected chi connectivity index (χ2v) is 4.73. The first-order valence-corrected chi connectivity index (χ1v) is 6.19. The highest BCUT2D eigenvalue weighted by Gasteiger charge is 2.31. The first kappa shape index (κ1) is 16.7. The molecule has 0 saturated heterocycles. The number of likely N-dealkylation sites (N-methyl/N-ethyl adjacent to an activating group) is 1. The van der Waals surface area contributed by atoms with E-state index in [4.69, 9.17) is 21.7 Å². The number of rotatable bonds is 5. The number of methoxy groups -OCH3 is 1. The standard InChI is InChI=1S/C13H16F3NO2S/c1-17(2)12(20)11(19-8-13(14,15)16)9-4-6-10(18-3)7-5-9/h4-7,11H,8H2,1-3H3. The van der Waals surface area contributed by atoms with Gasteiger partial charge in [0, 0.05) is 14.1 Å². The lowest BCUT2D eigenvalue weighted by molar-refractivity contribution is -0.180. The molecule has 1 atom stereocenters. The molecular weight excluding hydrogens is 291 g/mol. The van der Waals surface area contributed by atoms with E-state index in [0.717, 1.165) is 0 Å². The lowest BCUT2D eigenvalue weighted by Gasteiger charge is -2.25. The maximum Gasteiger partial charge on any atom is 0.411 e. The van der Waals surface area contributed by atoms with E-state index < -0.39 is 18.9 Å². The lowest BCUT2D eigenvalue weighted by atomic mass is 10.1. The van der Waals surface area contributed by atoms with Crippen LogP contribution in [0.2, 0.25) is 0 Å². The van der Waals surface area contributed by atoms with Gasteiger partial charge in [0.1, 0.15) is 23.4 Å². The molecule has 0 bridgehead atoms. The summed E-state index contributed by atoms with van der Waals surface area (Å²) < 4.78 is 46.9. The van der Waals surface area contributed by atoms with Crippen LogP contribution < -0.4 is 4.74 Å². The van der Waals surface area contributed by atoms with Crippen molar-refractivity contribution in [2.45, 2.75) is 12.3 Å². The van der Waals surface area contributed by atoms with E-state index in [1.807, 2.05) is 0 Å². The van der Waals surface area contributed by atoms with Gasteiger partial charge in [0.2, 0.25) is 0 Å². The fourth-order valence-electron chi connectivity index (χ4n) is 1.50. The van der Waals surface area contributed by atoms with Gasteiger partial charge >= 0.3 is 6.18 Å². The number of nitrogens with zero attached hydrogens (tertiary/aromatic N) is 1. The Morgan fingerprint density at radius 3 is 2.20 bits per heavy atom. The Morgan fingerprint density at radius 2 is 1.80 bits per heavy atom. The number of benzene rings is 1. The van der Waals surface area contributed by atoms with Crippen LogP contribution in [0, 0.1) is 0 Å². The van der Waals surface area contributed by atoms with Gasteiger partial charge in [0.25, 0.3) is 0 Å². The maximum atomic E-state index is 12.3. The van der Waals surface area contributed by atoms with E-state index in [9.17, 15) is 13.2 Å². The first-order valence-electron chi connectivity index (χ1n) is 5.78. The molecule has 112 valence electrons. The quantitative estimate of drug-likeness (QED) is 0.779. The van der Waals surface area contributed by atoms with Crippen LogP contribution >= 0.6 is 12.2 Å². The van der Waals surface area contributed by atoms with E-state index >= 15 is 0 Å². The minimum absolute atomic E-state index is 0.277. The Morgan fingerprint density at radius 1 is 1.25 bits per heavy atom. The molecule has 0 saturated carbocycles. The summed E-state index contributed by atoms with van der Waals surface area (Å²) in [6.07, 6.45) is -5.32. The minimum atomic E-state index is -4.40. The molecule has 0 heterocycles. The molecule has 0 aromatic heterocycles. The second kappa shape index (κ2) is 6.90. The average Bonchev–Trinajstić information content (AvgIpc) is 2.38. The molecule has 0 aliphatic heterocycles. The van der Waals surface area contributed by atoms with Gasteiger partial charge in [-0.25, -0.2) is 0 Å². The van der Waals surface area contributed by atoms with E-state index in [2.05, 4.69) is 0 Å². The molecule has 0 aliphatic rings. The summed E-state index contributed by atoms with van der Waals surface area (Å²) in [4.78, 5) is 1.83. The molecule has 7 heteroatoms. The van der Waals surface area contributed by atoms with Crippen molar-refractivity contribution in [3.8, 4) is 5.75 Å². The van der Waals surface area contributed by atoms with E-state index in [1.54, 1.807) is 43.3 Å². The third-order valence-corrected chi connectivity index (χ3v) is 3.08. The Balaban J connectivity index is 2.93. The zero-order valence-corrected chi connectivity index (χ0v) is 12.2. The number of ether oxygens (including phenoxy) is 2. The van der Waals surface area contributed by atoms with Gasteiger partial charge in [-0.2, -0.15) is 13.2 Å². The number of hydrogen-bond acceptors (Lipinski definition) is 3. The minimum Gasteiger partial charge on any atom is -0.497 e. The van der Waals surface area contributed by atoms with E-state index in [0.29, 0.717) is 11.3 Å². The number of hydrogen-bond donors (Lipinski definition) is 0. The first-order chi connectivity index (χ1) is 9.24. The molecule has 0 amide bonds. The summed E-state index contributed by atoms with van der Waals surface area (Å²) in [7, 11) is 4.84. The Bertz CT molecular complexity index is 446. The molecule has 0 radical (unpaired) electrons. The lowest BCUT2D eigenvalue weighted by Crippen LogP contribution is -2.30. The third-order valence-electron chi connectivity index (χ3n) is 2.50. The van der Waals surface area contributed by atoms with Crippen molar-refractivity contribution in [3.63, 3.8) is 0 Å². The molecule has 1 rings (SSSR count). The van der Waals surface area contributed by atoms with Crippen molar-refractivity contribution < 1.29 is 22.6 Å². The Kier molecular flexibility index (Phi) is 5.76. The van der Waals surface area contributed by atoms with E-state index in [1.165, 1.54) is 7.11 Å². The molecule has 0 N–H and O–H groups in total. The molecule has 3 nitrogen and oxygen atoms in total. The molecule has 0 fully saturated rings. The molecule has 1 aromatic rings. The summed E-state index contributed by atoms with van der Waals surface area (Å²) in [5.41, 5.74) is 0.550. The largest absolute Gasteiger partial charge is 0.497 e. The van der Waals surface area contributed by atoms with Gasteiger partial charge < -0.3 is 14.4 Å². The van der Waals surface area contributed by atoms with Crippen molar-refractivity contribution in [2.24, 2.45) is 0 Å².